The number of benzene rings is 2. The first-order chi connectivity index (χ1) is 14.0. The van der Waals surface area contributed by atoms with E-state index < -0.39 is 0 Å². The number of hydrogen-bond acceptors (Lipinski definition) is 0. The molecule has 0 bridgehead atoms. The Kier molecular flexibility index (Phi) is 28.5. The van der Waals surface area contributed by atoms with Crippen LogP contribution in [0.15, 0.2) is 60.7 Å². The van der Waals surface area contributed by atoms with E-state index in [-0.39, 0.29) is 36.8 Å². The first-order valence-electron chi connectivity index (χ1n) is 10.5. The molecule has 0 N–H and O–H groups in total. The van der Waals surface area contributed by atoms with Crippen LogP contribution in [0.5, 0.6) is 0 Å². The van der Waals surface area contributed by atoms with E-state index in [1.54, 1.807) is 0 Å². The molecule has 0 heterocycles. The Bertz CT molecular complexity index is 531. The van der Waals surface area contributed by atoms with Crippen molar-refractivity contribution in [3.05, 3.63) is 60.7 Å². The Labute approximate surface area is 216 Å². The number of hydrogen-bond donors (Lipinski definition) is 0. The van der Waals surface area contributed by atoms with Gasteiger partial charge in [0, 0.05) is 28.9 Å². The minimum atomic E-state index is -0.158. The molecule has 0 aromatic heterocycles. The molecule has 2 radical (unpaired) electrons. The van der Waals surface area contributed by atoms with Crippen molar-refractivity contribution in [3.63, 3.8) is 0 Å². The normalized spacial score (nSPS) is 9.94. The molecule has 180 valence electrons. The molecule has 0 aliphatic rings. The maximum atomic E-state index is 2.41. The smallest absolute Gasteiger partial charge is 0.0416 e. The van der Waals surface area contributed by atoms with Crippen LogP contribution in [0, 0.1) is 0 Å². The van der Waals surface area contributed by atoms with Crippen LogP contribution in [-0.2, 0) is 20.1 Å². The summed E-state index contributed by atoms with van der Waals surface area (Å²) < 4.78 is 0. The van der Waals surface area contributed by atoms with Gasteiger partial charge in [-0.05, 0) is 84.7 Å². The molecule has 31 heavy (non-hydrogen) atoms. The molecule has 0 amide bonds. The van der Waals surface area contributed by atoms with E-state index in [1.165, 1.54) is 22.8 Å². The van der Waals surface area contributed by atoms with Crippen molar-refractivity contribution in [3.8, 4) is 0 Å². The van der Waals surface area contributed by atoms with Gasteiger partial charge in [-0.25, -0.2) is 0 Å². The van der Waals surface area contributed by atoms with E-state index in [9.17, 15) is 0 Å². The van der Waals surface area contributed by atoms with Crippen molar-refractivity contribution in [2.24, 2.45) is 0 Å². The summed E-state index contributed by atoms with van der Waals surface area (Å²) in [7, 11) is 0.853. The van der Waals surface area contributed by atoms with Crippen LogP contribution in [0.1, 0.15) is 0 Å². The van der Waals surface area contributed by atoms with E-state index in [4.69, 9.17) is 0 Å². The summed E-state index contributed by atoms with van der Waals surface area (Å²) in [6.07, 6.45) is 1.34. The summed E-state index contributed by atoms with van der Waals surface area (Å²) >= 11 is 0. The molecule has 2 rings (SSSR count). The van der Waals surface area contributed by atoms with Gasteiger partial charge in [-0.15, -0.1) is 23.8 Å². The zero-order valence-electron chi connectivity index (χ0n) is 21.8. The predicted octanol–water partition coefficient (Wildman–Crippen LogP) is 7.94. The Hall–Kier alpha value is 1.03. The van der Waals surface area contributed by atoms with Gasteiger partial charge in [-0.1, -0.05) is 79.8 Å². The summed E-state index contributed by atoms with van der Waals surface area (Å²) in [5.74, 6) is 0. The summed E-state index contributed by atoms with van der Waals surface area (Å²) in [6, 6.07) is 23.4. The van der Waals surface area contributed by atoms with Gasteiger partial charge in [0.1, 0.15) is 0 Å². The first-order valence-corrected chi connectivity index (χ1v) is 22.7. The van der Waals surface area contributed by atoms with Crippen LogP contribution in [0.4, 0.5) is 0 Å². The quantitative estimate of drug-likeness (QED) is 0.221. The average molecular weight is 692 g/mol. The van der Waals surface area contributed by atoms with Gasteiger partial charge in [0.25, 0.3) is 0 Å². The van der Waals surface area contributed by atoms with Crippen LogP contribution >= 0.6 is 31.7 Å². The molecule has 0 atom stereocenters. The van der Waals surface area contributed by atoms with Crippen LogP contribution in [-0.4, -0.2) is 74.9 Å². The molecule has 0 fully saturated rings. The summed E-state index contributed by atoms with van der Waals surface area (Å²) in [5.41, 5.74) is 0. The van der Waals surface area contributed by atoms with E-state index >= 15 is 0 Å². The van der Waals surface area contributed by atoms with Gasteiger partial charge >= 0.3 is 0 Å². The fourth-order valence-corrected chi connectivity index (χ4v) is 6.52. The molecule has 0 saturated heterocycles. The SMILES string of the molecule is CP(C)C.CP(C)C.CP(C)C.C[Si](C)CCP(c1ccccc1)c1ccccc1.[Ir]. The Balaban J connectivity index is -0.000000503. The largest absolute Gasteiger partial charge is 0.116 e. The van der Waals surface area contributed by atoms with Gasteiger partial charge in [0.2, 0.25) is 0 Å². The third kappa shape index (κ3) is 29.0. The van der Waals surface area contributed by atoms with Crippen molar-refractivity contribution in [2.45, 2.75) is 19.1 Å². The molecular formula is C25H47IrP4Si. The van der Waals surface area contributed by atoms with Crippen molar-refractivity contribution in [1.29, 1.82) is 0 Å². The standard InChI is InChI=1S/C16H20PSi.3C3H9P.Ir/c1-18(2)14-13-17(15-9-5-3-6-10-15)16-11-7-4-8-12-16;3*1-4(2)3;/h3-12H,13-14H2,1-2H3;3*1-3H3;. The Morgan fingerprint density at radius 1 is 0.548 bits per heavy atom. The van der Waals surface area contributed by atoms with Crippen LogP contribution in [0.25, 0.3) is 0 Å². The molecule has 0 aliphatic carbocycles. The summed E-state index contributed by atoms with van der Waals surface area (Å²) in [5, 5.41) is 3.03. The maximum absolute atomic E-state index is 2.41. The van der Waals surface area contributed by atoms with Crippen LogP contribution in [0.2, 0.25) is 19.1 Å². The average Bonchev–Trinajstić information content (AvgIpc) is 2.62. The van der Waals surface area contributed by atoms with Gasteiger partial charge < -0.3 is 0 Å². The second-order valence-corrected chi connectivity index (χ2v) is 22.1. The molecule has 2 aromatic carbocycles. The molecule has 2 aromatic rings. The van der Waals surface area contributed by atoms with E-state index in [0.29, 0.717) is 23.8 Å². The van der Waals surface area contributed by atoms with Gasteiger partial charge in [-0.2, -0.15) is 0 Å². The fourth-order valence-electron chi connectivity index (χ4n) is 1.96. The molecule has 6 heteroatoms. The second-order valence-electron chi connectivity index (χ2n) is 8.80. The second kappa shape index (κ2) is 24.2. The predicted molar refractivity (Wildman–Crippen MR) is 160 cm³/mol. The number of rotatable bonds is 5. The van der Waals surface area contributed by atoms with Gasteiger partial charge in [0.05, 0.1) is 0 Å². The zero-order chi connectivity index (χ0) is 23.5. The third-order valence-corrected chi connectivity index (χ3v) is 7.16. The van der Waals surface area contributed by atoms with Gasteiger partial charge in [0.15, 0.2) is 0 Å². The van der Waals surface area contributed by atoms with Crippen molar-refractivity contribution in [2.75, 3.05) is 66.1 Å². The minimum Gasteiger partial charge on any atom is -0.116 e. The van der Waals surface area contributed by atoms with E-state index in [1.807, 2.05) is 0 Å². The molecule has 0 saturated carbocycles. The fraction of sp³-hybridized carbons (Fsp3) is 0.520. The van der Waals surface area contributed by atoms with E-state index in [0.717, 1.165) is 0 Å². The third-order valence-electron chi connectivity index (χ3n) is 2.97. The van der Waals surface area contributed by atoms with Crippen molar-refractivity contribution < 1.29 is 20.1 Å². The summed E-state index contributed by atoms with van der Waals surface area (Å²) in [6.45, 7) is 24.9. The zero-order valence-corrected chi connectivity index (χ0v) is 28.8. The summed E-state index contributed by atoms with van der Waals surface area (Å²) in [4.78, 5) is 0. The Morgan fingerprint density at radius 2 is 0.806 bits per heavy atom. The van der Waals surface area contributed by atoms with Crippen molar-refractivity contribution >= 4 is 51.1 Å². The molecule has 0 unspecified atom stereocenters. The molecule has 0 nitrogen and oxygen atoms in total. The Morgan fingerprint density at radius 3 is 1.03 bits per heavy atom. The molecule has 0 aliphatic heterocycles. The van der Waals surface area contributed by atoms with Crippen LogP contribution < -0.4 is 10.6 Å². The minimum absolute atomic E-state index is 0. The van der Waals surface area contributed by atoms with Crippen LogP contribution in [0.3, 0.4) is 0 Å². The topological polar surface area (TPSA) is 0 Å². The maximum Gasteiger partial charge on any atom is 0.0416 e. The van der Waals surface area contributed by atoms with Crippen molar-refractivity contribution in [1.82, 2.24) is 0 Å². The first kappa shape index (κ1) is 36.6. The van der Waals surface area contributed by atoms with Gasteiger partial charge in [-0.3, -0.25) is 0 Å². The monoisotopic (exact) mass is 692 g/mol. The molecule has 0 spiro atoms. The molecular weight excluding hydrogens is 644 g/mol. The van der Waals surface area contributed by atoms with E-state index in [2.05, 4.69) is 134 Å².